The van der Waals surface area contributed by atoms with Crippen LogP contribution in [0.15, 0.2) is 0 Å². The molecule has 1 aliphatic heterocycles. The highest BCUT2D eigenvalue weighted by Crippen LogP contribution is 2.09. The molecular weight excluding hydrogens is 176 g/mol. The summed E-state index contributed by atoms with van der Waals surface area (Å²) in [6, 6.07) is 0.621. The van der Waals surface area contributed by atoms with E-state index in [-0.39, 0.29) is 0 Å². The Morgan fingerprint density at radius 2 is 2.14 bits per heavy atom. The van der Waals surface area contributed by atoms with Crippen LogP contribution in [0.2, 0.25) is 0 Å². The van der Waals surface area contributed by atoms with E-state index in [0.29, 0.717) is 6.04 Å². The van der Waals surface area contributed by atoms with Gasteiger partial charge in [0.1, 0.15) is 0 Å². The van der Waals surface area contributed by atoms with Gasteiger partial charge >= 0.3 is 0 Å². The molecule has 0 spiro atoms. The Morgan fingerprint density at radius 3 is 2.64 bits per heavy atom. The first kappa shape index (κ1) is 12.0. The number of hydrogen-bond donors (Lipinski definition) is 2. The first-order valence-electron chi connectivity index (χ1n) is 5.62. The van der Waals surface area contributed by atoms with E-state index < -0.39 is 5.60 Å². The number of piperidine rings is 1. The zero-order valence-corrected chi connectivity index (χ0v) is 9.71. The van der Waals surface area contributed by atoms with Gasteiger partial charge in [0, 0.05) is 19.1 Å². The molecular formula is C11H24N2O. The van der Waals surface area contributed by atoms with Crippen LogP contribution in [0.25, 0.3) is 0 Å². The molecule has 0 aliphatic carbocycles. The van der Waals surface area contributed by atoms with Gasteiger partial charge in [-0.3, -0.25) is 0 Å². The fourth-order valence-electron chi connectivity index (χ4n) is 2.18. The monoisotopic (exact) mass is 200 g/mol. The maximum absolute atomic E-state index is 9.66. The van der Waals surface area contributed by atoms with Crippen molar-refractivity contribution in [2.45, 2.75) is 44.8 Å². The molecule has 0 aromatic heterocycles. The van der Waals surface area contributed by atoms with E-state index >= 15 is 0 Å². The van der Waals surface area contributed by atoms with E-state index in [2.05, 4.69) is 17.3 Å². The third-order valence-corrected chi connectivity index (χ3v) is 2.60. The van der Waals surface area contributed by atoms with E-state index in [0.717, 1.165) is 19.6 Å². The quantitative estimate of drug-likeness (QED) is 0.705. The second-order valence-corrected chi connectivity index (χ2v) is 5.16. The van der Waals surface area contributed by atoms with Crippen LogP contribution in [0.1, 0.15) is 33.1 Å². The highest BCUT2D eigenvalue weighted by atomic mass is 16.3. The third-order valence-electron chi connectivity index (χ3n) is 2.60. The fraction of sp³-hybridized carbons (Fsp3) is 1.00. The van der Waals surface area contributed by atoms with Crippen LogP contribution >= 0.6 is 0 Å². The summed E-state index contributed by atoms with van der Waals surface area (Å²) in [7, 11) is 2.08. The van der Waals surface area contributed by atoms with E-state index in [9.17, 15) is 5.11 Å². The normalized spacial score (nSPS) is 24.2. The highest BCUT2D eigenvalue weighted by Gasteiger charge is 2.19. The molecule has 1 atom stereocenters. The lowest BCUT2D eigenvalue weighted by Gasteiger charge is -2.31. The minimum absolute atomic E-state index is 0.580. The topological polar surface area (TPSA) is 35.5 Å². The van der Waals surface area contributed by atoms with E-state index in [4.69, 9.17) is 0 Å². The van der Waals surface area contributed by atoms with Gasteiger partial charge < -0.3 is 15.3 Å². The predicted octanol–water partition coefficient (Wildman–Crippen LogP) is 0.831. The predicted molar refractivity (Wildman–Crippen MR) is 59.4 cm³/mol. The largest absolute Gasteiger partial charge is 0.389 e. The Hall–Kier alpha value is -0.120. The molecule has 0 amide bonds. The van der Waals surface area contributed by atoms with Crippen molar-refractivity contribution < 1.29 is 5.11 Å². The van der Waals surface area contributed by atoms with Crippen LogP contribution in [-0.4, -0.2) is 48.3 Å². The van der Waals surface area contributed by atoms with E-state index in [1.54, 1.807) is 0 Å². The van der Waals surface area contributed by atoms with Crippen LogP contribution in [-0.2, 0) is 0 Å². The van der Waals surface area contributed by atoms with Crippen LogP contribution < -0.4 is 5.32 Å². The van der Waals surface area contributed by atoms with Crippen LogP contribution in [0.4, 0.5) is 0 Å². The average molecular weight is 200 g/mol. The van der Waals surface area contributed by atoms with Crippen molar-refractivity contribution in [2.75, 3.05) is 26.7 Å². The van der Waals surface area contributed by atoms with Gasteiger partial charge in [0.25, 0.3) is 0 Å². The van der Waals surface area contributed by atoms with Gasteiger partial charge in [-0.2, -0.15) is 0 Å². The molecule has 1 aliphatic rings. The van der Waals surface area contributed by atoms with Gasteiger partial charge in [-0.1, -0.05) is 6.42 Å². The molecule has 1 unspecified atom stereocenters. The molecule has 84 valence electrons. The number of nitrogens with zero attached hydrogens (tertiary/aromatic N) is 1. The number of likely N-dealkylation sites (N-methyl/N-ethyl adjacent to an activating group) is 1. The first-order valence-corrected chi connectivity index (χ1v) is 5.62. The van der Waals surface area contributed by atoms with Crippen LogP contribution in [0.5, 0.6) is 0 Å². The smallest absolute Gasteiger partial charge is 0.0718 e. The number of aliphatic hydroxyl groups is 1. The lowest BCUT2D eigenvalue weighted by Crippen LogP contribution is -2.46. The van der Waals surface area contributed by atoms with Crippen molar-refractivity contribution in [3.8, 4) is 0 Å². The Morgan fingerprint density at radius 1 is 1.43 bits per heavy atom. The maximum atomic E-state index is 9.66. The summed E-state index contributed by atoms with van der Waals surface area (Å²) in [5, 5.41) is 13.2. The van der Waals surface area contributed by atoms with Crippen molar-refractivity contribution in [3.05, 3.63) is 0 Å². The molecule has 0 radical (unpaired) electrons. The summed E-state index contributed by atoms with van der Waals surface area (Å²) < 4.78 is 0. The summed E-state index contributed by atoms with van der Waals surface area (Å²) >= 11 is 0. The van der Waals surface area contributed by atoms with Gasteiger partial charge in [0.2, 0.25) is 0 Å². The summed E-state index contributed by atoms with van der Waals surface area (Å²) in [6.45, 7) is 6.66. The molecule has 1 saturated heterocycles. The standard InChI is InChI=1S/C11H24N2O/c1-11(2,14)9-13(3)8-10-6-4-5-7-12-10/h10,12,14H,4-9H2,1-3H3. The van der Waals surface area contributed by atoms with Crippen molar-refractivity contribution >= 4 is 0 Å². The van der Waals surface area contributed by atoms with Crippen molar-refractivity contribution in [2.24, 2.45) is 0 Å². The molecule has 1 fully saturated rings. The molecule has 0 saturated carbocycles. The number of hydrogen-bond acceptors (Lipinski definition) is 3. The Balaban J connectivity index is 2.21. The van der Waals surface area contributed by atoms with E-state index in [1.165, 1.54) is 19.3 Å². The highest BCUT2D eigenvalue weighted by molar-refractivity contribution is 4.77. The number of rotatable bonds is 4. The molecule has 14 heavy (non-hydrogen) atoms. The molecule has 2 N–H and O–H groups in total. The lowest BCUT2D eigenvalue weighted by atomic mass is 10.0. The van der Waals surface area contributed by atoms with Crippen molar-refractivity contribution in [3.63, 3.8) is 0 Å². The second kappa shape index (κ2) is 5.10. The minimum atomic E-state index is -0.580. The van der Waals surface area contributed by atoms with Gasteiger partial charge in [0.15, 0.2) is 0 Å². The Kier molecular flexibility index (Phi) is 4.35. The summed E-state index contributed by atoms with van der Waals surface area (Å²) in [6.07, 6.45) is 3.93. The molecule has 3 nitrogen and oxygen atoms in total. The van der Waals surface area contributed by atoms with Crippen LogP contribution in [0.3, 0.4) is 0 Å². The lowest BCUT2D eigenvalue weighted by molar-refractivity contribution is 0.0411. The molecule has 0 aromatic carbocycles. The summed E-state index contributed by atoms with van der Waals surface area (Å²) in [4.78, 5) is 2.21. The van der Waals surface area contributed by atoms with Gasteiger partial charge in [-0.15, -0.1) is 0 Å². The van der Waals surface area contributed by atoms with Crippen LogP contribution in [0, 0.1) is 0 Å². The second-order valence-electron chi connectivity index (χ2n) is 5.16. The minimum Gasteiger partial charge on any atom is -0.389 e. The van der Waals surface area contributed by atoms with E-state index in [1.807, 2.05) is 13.8 Å². The average Bonchev–Trinajstić information content (AvgIpc) is 2.02. The molecule has 3 heteroatoms. The molecule has 0 aromatic rings. The third kappa shape index (κ3) is 4.94. The first-order chi connectivity index (χ1) is 6.47. The molecule has 1 heterocycles. The zero-order valence-electron chi connectivity index (χ0n) is 9.71. The SMILES string of the molecule is CN(CC1CCCCN1)CC(C)(C)O. The van der Waals surface area contributed by atoms with Gasteiger partial charge in [0.05, 0.1) is 5.60 Å². The number of nitrogens with one attached hydrogen (secondary N) is 1. The Labute approximate surface area is 87.5 Å². The summed E-state index contributed by atoms with van der Waals surface area (Å²) in [5.74, 6) is 0. The van der Waals surface area contributed by atoms with Gasteiger partial charge in [-0.25, -0.2) is 0 Å². The fourth-order valence-corrected chi connectivity index (χ4v) is 2.18. The van der Waals surface area contributed by atoms with Crippen molar-refractivity contribution in [1.29, 1.82) is 0 Å². The zero-order chi connectivity index (χ0) is 10.6. The van der Waals surface area contributed by atoms with Gasteiger partial charge in [-0.05, 0) is 40.3 Å². The maximum Gasteiger partial charge on any atom is 0.0718 e. The van der Waals surface area contributed by atoms with Crippen molar-refractivity contribution in [1.82, 2.24) is 10.2 Å². The molecule has 1 rings (SSSR count). The summed E-state index contributed by atoms with van der Waals surface area (Å²) in [5.41, 5.74) is -0.580. The Bertz CT molecular complexity index is 159. The molecule has 0 bridgehead atoms.